The van der Waals surface area contributed by atoms with Crippen LogP contribution in [-0.4, -0.2) is 28.6 Å². The quantitative estimate of drug-likeness (QED) is 0.768. The second-order valence-electron chi connectivity index (χ2n) is 7.03. The molecular weight excluding hydrogens is 276 g/mol. The number of hydrogen-bond donors (Lipinski definition) is 3. The SMILES string of the molecule is Cc1ccc2c(CC(=O)NCC(C)(C)CC(C)O)c[nH]c2c1. The van der Waals surface area contributed by atoms with Gasteiger partial charge in [-0.1, -0.05) is 26.0 Å². The first-order valence-corrected chi connectivity index (χ1v) is 7.78. The summed E-state index contributed by atoms with van der Waals surface area (Å²) < 4.78 is 0. The van der Waals surface area contributed by atoms with Crippen LogP contribution in [0.25, 0.3) is 10.9 Å². The van der Waals surface area contributed by atoms with Crippen LogP contribution in [0.5, 0.6) is 0 Å². The molecule has 0 radical (unpaired) electrons. The molecular formula is C18H26N2O2. The van der Waals surface area contributed by atoms with Gasteiger partial charge in [0.1, 0.15) is 0 Å². The number of aryl methyl sites for hydroxylation is 1. The second kappa shape index (κ2) is 6.53. The molecule has 0 saturated heterocycles. The van der Waals surface area contributed by atoms with Crippen molar-refractivity contribution in [3.63, 3.8) is 0 Å². The Morgan fingerprint density at radius 2 is 2.14 bits per heavy atom. The van der Waals surface area contributed by atoms with E-state index in [0.717, 1.165) is 16.5 Å². The Bertz CT molecular complexity index is 656. The van der Waals surface area contributed by atoms with Gasteiger partial charge in [-0.05, 0) is 42.9 Å². The van der Waals surface area contributed by atoms with Crippen molar-refractivity contribution in [2.24, 2.45) is 5.41 Å². The van der Waals surface area contributed by atoms with Gasteiger partial charge >= 0.3 is 0 Å². The number of fused-ring (bicyclic) bond motifs is 1. The van der Waals surface area contributed by atoms with Crippen molar-refractivity contribution in [2.45, 2.75) is 46.6 Å². The Labute approximate surface area is 131 Å². The van der Waals surface area contributed by atoms with Crippen LogP contribution < -0.4 is 5.32 Å². The van der Waals surface area contributed by atoms with Crippen LogP contribution >= 0.6 is 0 Å². The predicted molar refractivity (Wildman–Crippen MR) is 89.8 cm³/mol. The largest absolute Gasteiger partial charge is 0.393 e. The Morgan fingerprint density at radius 3 is 2.82 bits per heavy atom. The topological polar surface area (TPSA) is 65.1 Å². The van der Waals surface area contributed by atoms with Gasteiger partial charge in [-0.25, -0.2) is 0 Å². The molecule has 120 valence electrons. The number of aliphatic hydroxyl groups is 1. The summed E-state index contributed by atoms with van der Waals surface area (Å²) in [5, 5.41) is 13.6. The molecule has 1 aromatic carbocycles. The van der Waals surface area contributed by atoms with E-state index in [9.17, 15) is 9.90 Å². The van der Waals surface area contributed by atoms with Crippen molar-refractivity contribution < 1.29 is 9.90 Å². The van der Waals surface area contributed by atoms with Crippen LogP contribution in [0.15, 0.2) is 24.4 Å². The molecule has 1 unspecified atom stereocenters. The first kappa shape index (κ1) is 16.6. The van der Waals surface area contributed by atoms with E-state index >= 15 is 0 Å². The number of aliphatic hydroxyl groups excluding tert-OH is 1. The summed E-state index contributed by atoms with van der Waals surface area (Å²) in [7, 11) is 0. The van der Waals surface area contributed by atoms with Gasteiger partial charge in [0.05, 0.1) is 12.5 Å². The average Bonchev–Trinajstić information content (AvgIpc) is 2.77. The standard InChI is InChI=1S/C18H26N2O2/c1-12-5-6-15-14(10-19-16(15)7-12)8-17(22)20-11-18(3,4)9-13(2)21/h5-7,10,13,19,21H,8-9,11H2,1-4H3,(H,20,22). The third kappa shape index (κ3) is 4.34. The molecule has 1 aromatic heterocycles. The first-order chi connectivity index (χ1) is 10.3. The number of aromatic amines is 1. The van der Waals surface area contributed by atoms with Crippen molar-refractivity contribution in [1.82, 2.24) is 10.3 Å². The average molecular weight is 302 g/mol. The Kier molecular flexibility index (Phi) is 4.91. The molecule has 1 amide bonds. The lowest BCUT2D eigenvalue weighted by molar-refractivity contribution is -0.121. The van der Waals surface area contributed by atoms with Crippen molar-refractivity contribution in [2.75, 3.05) is 6.54 Å². The van der Waals surface area contributed by atoms with Crippen LogP contribution in [0, 0.1) is 12.3 Å². The highest BCUT2D eigenvalue weighted by Crippen LogP contribution is 2.22. The number of H-pyrrole nitrogens is 1. The maximum Gasteiger partial charge on any atom is 0.224 e. The van der Waals surface area contributed by atoms with Gasteiger partial charge in [0.15, 0.2) is 0 Å². The number of amides is 1. The summed E-state index contributed by atoms with van der Waals surface area (Å²) in [5.74, 6) is 0.0140. The number of aromatic nitrogens is 1. The number of hydrogen-bond acceptors (Lipinski definition) is 2. The van der Waals surface area contributed by atoms with Crippen LogP contribution in [0.3, 0.4) is 0 Å². The number of rotatable bonds is 6. The fourth-order valence-electron chi connectivity index (χ4n) is 2.89. The summed E-state index contributed by atoms with van der Waals surface area (Å²) in [6.07, 6.45) is 2.58. The van der Waals surface area contributed by atoms with Crippen molar-refractivity contribution in [1.29, 1.82) is 0 Å². The summed E-state index contributed by atoms with van der Waals surface area (Å²) in [6, 6.07) is 6.20. The van der Waals surface area contributed by atoms with Gasteiger partial charge in [-0.3, -0.25) is 4.79 Å². The van der Waals surface area contributed by atoms with Gasteiger partial charge in [-0.15, -0.1) is 0 Å². The van der Waals surface area contributed by atoms with Crippen molar-refractivity contribution >= 4 is 16.8 Å². The van der Waals surface area contributed by atoms with Gasteiger partial charge in [0, 0.05) is 23.6 Å². The highest BCUT2D eigenvalue weighted by molar-refractivity contribution is 5.89. The molecule has 0 bridgehead atoms. The van der Waals surface area contributed by atoms with Crippen LogP contribution in [0.1, 0.15) is 38.3 Å². The second-order valence-corrected chi connectivity index (χ2v) is 7.03. The van der Waals surface area contributed by atoms with Gasteiger partial charge < -0.3 is 15.4 Å². The molecule has 0 aliphatic carbocycles. The number of carbonyl (C=O) groups is 1. The summed E-state index contributed by atoms with van der Waals surface area (Å²) >= 11 is 0. The Morgan fingerprint density at radius 1 is 1.41 bits per heavy atom. The van der Waals surface area contributed by atoms with Crippen molar-refractivity contribution in [3.8, 4) is 0 Å². The molecule has 0 fully saturated rings. The zero-order valence-corrected chi connectivity index (χ0v) is 13.9. The smallest absolute Gasteiger partial charge is 0.224 e. The molecule has 3 N–H and O–H groups in total. The minimum atomic E-state index is -0.358. The predicted octanol–water partition coefficient (Wildman–Crippen LogP) is 2.93. The molecule has 0 saturated carbocycles. The number of nitrogens with one attached hydrogen (secondary N) is 2. The van der Waals surface area contributed by atoms with E-state index in [1.165, 1.54) is 5.56 Å². The minimum absolute atomic E-state index is 0.0140. The zero-order valence-electron chi connectivity index (χ0n) is 13.9. The fraction of sp³-hybridized carbons (Fsp3) is 0.500. The van der Waals surface area contributed by atoms with Crippen LogP contribution in [0.4, 0.5) is 0 Å². The maximum absolute atomic E-state index is 12.2. The molecule has 4 nitrogen and oxygen atoms in total. The highest BCUT2D eigenvalue weighted by Gasteiger charge is 2.21. The molecule has 0 spiro atoms. The summed E-state index contributed by atoms with van der Waals surface area (Å²) in [5.41, 5.74) is 3.17. The number of benzene rings is 1. The van der Waals surface area contributed by atoms with E-state index in [2.05, 4.69) is 49.3 Å². The molecule has 0 aliphatic heterocycles. The lowest BCUT2D eigenvalue weighted by Gasteiger charge is -2.26. The van der Waals surface area contributed by atoms with Crippen LogP contribution in [0.2, 0.25) is 0 Å². The van der Waals surface area contributed by atoms with Gasteiger partial charge in [0.25, 0.3) is 0 Å². The van der Waals surface area contributed by atoms with E-state index in [0.29, 0.717) is 19.4 Å². The molecule has 2 aromatic rings. The lowest BCUT2D eigenvalue weighted by atomic mass is 9.87. The Balaban J connectivity index is 1.96. The first-order valence-electron chi connectivity index (χ1n) is 7.78. The third-order valence-electron chi connectivity index (χ3n) is 3.89. The molecule has 1 atom stereocenters. The van der Waals surface area contributed by atoms with E-state index < -0.39 is 0 Å². The van der Waals surface area contributed by atoms with Gasteiger partial charge in [0.2, 0.25) is 5.91 Å². The third-order valence-corrected chi connectivity index (χ3v) is 3.89. The van der Waals surface area contributed by atoms with E-state index in [1.807, 2.05) is 6.20 Å². The molecule has 0 aliphatic rings. The van der Waals surface area contributed by atoms with E-state index in [4.69, 9.17) is 0 Å². The molecule has 22 heavy (non-hydrogen) atoms. The monoisotopic (exact) mass is 302 g/mol. The maximum atomic E-state index is 12.2. The zero-order chi connectivity index (χ0) is 16.3. The summed E-state index contributed by atoms with van der Waals surface area (Å²) in [6.45, 7) is 8.50. The fourth-order valence-corrected chi connectivity index (χ4v) is 2.89. The number of carbonyl (C=O) groups excluding carboxylic acids is 1. The molecule has 1 heterocycles. The Hall–Kier alpha value is -1.81. The van der Waals surface area contributed by atoms with Crippen LogP contribution in [-0.2, 0) is 11.2 Å². The summed E-state index contributed by atoms with van der Waals surface area (Å²) in [4.78, 5) is 15.4. The molecule has 2 rings (SSSR count). The lowest BCUT2D eigenvalue weighted by Crippen LogP contribution is -2.36. The normalized spacial score (nSPS) is 13.3. The highest BCUT2D eigenvalue weighted by atomic mass is 16.3. The van der Waals surface area contributed by atoms with Crippen molar-refractivity contribution in [3.05, 3.63) is 35.5 Å². The van der Waals surface area contributed by atoms with E-state index in [1.54, 1.807) is 6.92 Å². The van der Waals surface area contributed by atoms with Gasteiger partial charge in [-0.2, -0.15) is 0 Å². The molecule has 4 heteroatoms. The van der Waals surface area contributed by atoms with E-state index in [-0.39, 0.29) is 17.4 Å². The minimum Gasteiger partial charge on any atom is -0.393 e.